The van der Waals surface area contributed by atoms with E-state index in [9.17, 15) is 13.9 Å². The van der Waals surface area contributed by atoms with E-state index in [1.807, 2.05) is 29.2 Å². The van der Waals surface area contributed by atoms with Crippen LogP contribution in [0.4, 0.5) is 14.5 Å². The van der Waals surface area contributed by atoms with Gasteiger partial charge in [-0.2, -0.15) is 13.7 Å². The third-order valence-electron chi connectivity index (χ3n) is 5.61. The monoisotopic (exact) mass is 419 g/mol. The molecule has 0 aliphatic carbocycles. The molecule has 0 amide bonds. The normalized spacial score (nSPS) is 22.0. The minimum absolute atomic E-state index is 0.454. The number of hydrogen-bond donors (Lipinski definition) is 1. The van der Waals surface area contributed by atoms with E-state index in [4.69, 9.17) is 4.74 Å². The molecule has 0 spiro atoms. The highest BCUT2D eigenvalue weighted by atomic mass is 32.2. The molecule has 0 bridgehead atoms. The van der Waals surface area contributed by atoms with Crippen molar-refractivity contribution < 1.29 is 23.2 Å². The molecule has 4 nitrogen and oxygen atoms in total. The molecule has 2 aromatic rings. The Balaban J connectivity index is 1.73. The summed E-state index contributed by atoms with van der Waals surface area (Å²) in [6, 6.07) is 14.5. The molecule has 2 aliphatic rings. The van der Waals surface area contributed by atoms with E-state index in [1.54, 1.807) is 31.4 Å². The fourth-order valence-corrected chi connectivity index (χ4v) is 4.74. The highest BCUT2D eigenvalue weighted by Crippen LogP contribution is 2.39. The van der Waals surface area contributed by atoms with Crippen LogP contribution in [-0.2, 0) is 5.72 Å². The summed E-state index contributed by atoms with van der Waals surface area (Å²) in [5, 5.41) is 11.9. The van der Waals surface area contributed by atoms with Crippen molar-refractivity contribution in [3.63, 3.8) is 0 Å². The van der Waals surface area contributed by atoms with Crippen molar-refractivity contribution in [2.75, 3.05) is 25.1 Å². The second-order valence-electron chi connectivity index (χ2n) is 7.40. The van der Waals surface area contributed by atoms with Gasteiger partial charge in [-0.1, -0.05) is 23.9 Å². The number of benzene rings is 2. The zero-order valence-corrected chi connectivity index (χ0v) is 17.2. The predicted molar refractivity (Wildman–Crippen MR) is 111 cm³/mol. The van der Waals surface area contributed by atoms with E-state index in [0.29, 0.717) is 28.8 Å². The quantitative estimate of drug-likeness (QED) is 0.565. The Hall–Kier alpha value is -2.12. The number of ether oxygens (including phenoxy) is 1. The molecule has 154 valence electrons. The second-order valence-corrected chi connectivity index (χ2v) is 8.46. The minimum Gasteiger partial charge on any atom is -0.497 e. The zero-order valence-electron chi connectivity index (χ0n) is 16.4. The van der Waals surface area contributed by atoms with Gasteiger partial charge in [0.1, 0.15) is 11.4 Å². The fourth-order valence-electron chi connectivity index (χ4n) is 4.24. The van der Waals surface area contributed by atoms with Crippen molar-refractivity contribution in [1.29, 1.82) is 0 Å². The van der Waals surface area contributed by atoms with Crippen LogP contribution in [0.3, 0.4) is 0 Å². The first-order chi connectivity index (χ1) is 14.0. The van der Waals surface area contributed by atoms with Gasteiger partial charge in [-0.3, -0.25) is 4.58 Å². The smallest absolute Gasteiger partial charge is 0.288 e. The van der Waals surface area contributed by atoms with Gasteiger partial charge in [0.15, 0.2) is 6.54 Å². The Morgan fingerprint density at radius 2 is 1.79 bits per heavy atom. The molecule has 1 N–H and O–H groups in total. The maximum Gasteiger partial charge on any atom is 0.288 e. The van der Waals surface area contributed by atoms with E-state index in [2.05, 4.69) is 4.58 Å². The number of rotatable bonds is 5. The van der Waals surface area contributed by atoms with E-state index in [1.165, 1.54) is 6.42 Å². The summed E-state index contributed by atoms with van der Waals surface area (Å²) in [6.45, 7) is 1.36. The SMILES string of the molecule is COc1ccc(N2C3=[N+](CCCCC3)C[C@@]2(O)c2ccc(SC(F)F)cc2)cc1. The number of methoxy groups -OCH3 is 1. The van der Waals surface area contributed by atoms with E-state index in [-0.39, 0.29) is 0 Å². The van der Waals surface area contributed by atoms with Crippen molar-refractivity contribution in [1.82, 2.24) is 0 Å². The Kier molecular flexibility index (Phi) is 5.79. The Morgan fingerprint density at radius 3 is 2.45 bits per heavy atom. The van der Waals surface area contributed by atoms with Gasteiger partial charge in [-0.25, -0.2) is 0 Å². The molecule has 4 rings (SSSR count). The number of halogens is 2. The van der Waals surface area contributed by atoms with E-state index >= 15 is 0 Å². The number of nitrogens with zero attached hydrogens (tertiary/aromatic N) is 2. The molecule has 2 aliphatic heterocycles. The molecule has 0 fully saturated rings. The molecule has 2 heterocycles. The van der Waals surface area contributed by atoms with Crippen LogP contribution < -0.4 is 9.64 Å². The summed E-state index contributed by atoms with van der Waals surface area (Å²) in [5.74, 6) is -0.590. The molecular formula is C22H25F2N2O2S+. The van der Waals surface area contributed by atoms with Crippen LogP contribution in [0.15, 0.2) is 53.4 Å². The summed E-state index contributed by atoms with van der Waals surface area (Å²) in [6.07, 6.45) is 4.25. The number of thioether (sulfide) groups is 1. The van der Waals surface area contributed by atoms with Crippen molar-refractivity contribution in [2.24, 2.45) is 0 Å². The van der Waals surface area contributed by atoms with Crippen LogP contribution in [0.1, 0.15) is 31.2 Å². The molecule has 2 aromatic carbocycles. The number of alkyl halides is 2. The van der Waals surface area contributed by atoms with Crippen LogP contribution in [0, 0.1) is 0 Å². The van der Waals surface area contributed by atoms with Crippen molar-refractivity contribution in [3.05, 3.63) is 54.1 Å². The lowest BCUT2D eigenvalue weighted by Crippen LogP contribution is -2.47. The van der Waals surface area contributed by atoms with Gasteiger partial charge >= 0.3 is 0 Å². The second kappa shape index (κ2) is 8.32. The molecule has 29 heavy (non-hydrogen) atoms. The summed E-state index contributed by atoms with van der Waals surface area (Å²) in [4.78, 5) is 2.50. The van der Waals surface area contributed by atoms with Gasteiger partial charge in [0, 0.05) is 16.9 Å². The molecule has 0 unspecified atom stereocenters. The molecule has 7 heteroatoms. The average Bonchev–Trinajstić information content (AvgIpc) is 2.84. The van der Waals surface area contributed by atoms with Gasteiger partial charge in [0.2, 0.25) is 0 Å². The van der Waals surface area contributed by atoms with Gasteiger partial charge in [-0.05, 0) is 55.7 Å². The molecule has 1 atom stereocenters. The standard InChI is InChI=1S/C22H25F2N2O2S/c1-28-18-10-8-17(9-11-18)26-20-5-3-2-4-14-25(20)15-22(26,27)16-6-12-19(13-7-16)29-21(23)24/h6-13,21,27H,2-5,14-15H2,1H3/q+1/t22-/m1/s1. The third kappa shape index (κ3) is 3.98. The maximum absolute atomic E-state index is 12.7. The van der Waals surface area contributed by atoms with Gasteiger partial charge in [0.05, 0.1) is 13.7 Å². The number of anilines is 1. The van der Waals surface area contributed by atoms with E-state index in [0.717, 1.165) is 43.1 Å². The van der Waals surface area contributed by atoms with Gasteiger partial charge in [0.25, 0.3) is 17.3 Å². The van der Waals surface area contributed by atoms with Crippen LogP contribution >= 0.6 is 11.8 Å². The number of aliphatic hydroxyl groups is 1. The highest BCUT2D eigenvalue weighted by Gasteiger charge is 2.54. The Morgan fingerprint density at radius 1 is 1.07 bits per heavy atom. The van der Waals surface area contributed by atoms with E-state index < -0.39 is 11.5 Å². The largest absolute Gasteiger partial charge is 0.497 e. The van der Waals surface area contributed by atoms with Crippen molar-refractivity contribution in [2.45, 2.75) is 42.1 Å². The molecule has 0 saturated carbocycles. The number of hydrogen-bond acceptors (Lipinski definition) is 4. The topological polar surface area (TPSA) is 35.7 Å². The summed E-state index contributed by atoms with van der Waals surface area (Å²) < 4.78 is 32.9. The van der Waals surface area contributed by atoms with Gasteiger partial charge in [-0.15, -0.1) is 0 Å². The van der Waals surface area contributed by atoms with Crippen molar-refractivity contribution >= 4 is 23.3 Å². The molecule has 0 radical (unpaired) electrons. The third-order valence-corrected chi connectivity index (χ3v) is 6.33. The Bertz CT molecular complexity index is 887. The first-order valence-corrected chi connectivity index (χ1v) is 10.7. The molecule has 0 saturated heterocycles. The summed E-state index contributed by atoms with van der Waals surface area (Å²) in [7, 11) is 1.63. The van der Waals surface area contributed by atoms with Gasteiger partial charge < -0.3 is 9.84 Å². The van der Waals surface area contributed by atoms with Crippen LogP contribution in [0.2, 0.25) is 0 Å². The average molecular weight is 420 g/mol. The predicted octanol–water partition coefficient (Wildman–Crippen LogP) is 4.66. The van der Waals surface area contributed by atoms with Crippen LogP contribution in [0.25, 0.3) is 0 Å². The van der Waals surface area contributed by atoms with Crippen LogP contribution in [0.5, 0.6) is 5.75 Å². The first kappa shape index (κ1) is 20.2. The fraction of sp³-hybridized carbons (Fsp3) is 0.409. The Labute approximate surface area is 173 Å². The molecular weight excluding hydrogens is 394 g/mol. The maximum atomic E-state index is 12.7. The summed E-state index contributed by atoms with van der Waals surface area (Å²) >= 11 is 0.515. The lowest BCUT2D eigenvalue weighted by molar-refractivity contribution is -0.534. The highest BCUT2D eigenvalue weighted by molar-refractivity contribution is 7.99. The minimum atomic E-state index is -2.46. The molecule has 0 aromatic heterocycles. The summed E-state index contributed by atoms with van der Waals surface area (Å²) in [5.41, 5.74) is 0.334. The van der Waals surface area contributed by atoms with Crippen molar-refractivity contribution in [3.8, 4) is 5.75 Å². The zero-order chi connectivity index (χ0) is 20.4. The lowest BCUT2D eigenvalue weighted by atomic mass is 10.00. The lowest BCUT2D eigenvalue weighted by Gasteiger charge is -2.29. The number of amidine groups is 1. The van der Waals surface area contributed by atoms with Crippen LogP contribution in [-0.4, -0.2) is 41.5 Å². The first-order valence-electron chi connectivity index (χ1n) is 9.84.